The average Bonchev–Trinajstić information content (AvgIpc) is 3.11. The van der Waals surface area contributed by atoms with Gasteiger partial charge in [-0.15, -0.1) is 0 Å². The average molecular weight is 409 g/mol. The van der Waals surface area contributed by atoms with Crippen LogP contribution >= 0.6 is 0 Å². The molecule has 4 aromatic rings. The third kappa shape index (κ3) is 4.46. The molecule has 3 heteroatoms. The number of hydrogen-bond acceptors (Lipinski definition) is 1. The van der Waals surface area contributed by atoms with E-state index in [0.717, 1.165) is 53.9 Å². The lowest BCUT2D eigenvalue weighted by Gasteiger charge is -2.14. The molecule has 0 aliphatic rings. The van der Waals surface area contributed by atoms with Crippen molar-refractivity contribution in [2.45, 2.75) is 32.7 Å². The van der Waals surface area contributed by atoms with Gasteiger partial charge in [0.1, 0.15) is 0 Å². The van der Waals surface area contributed by atoms with Crippen LogP contribution in [-0.4, -0.2) is 10.5 Å². The summed E-state index contributed by atoms with van der Waals surface area (Å²) in [5.74, 6) is -0.378. The molecule has 156 valence electrons. The molecule has 4 rings (SSSR count). The van der Waals surface area contributed by atoms with Crippen molar-refractivity contribution in [3.63, 3.8) is 0 Å². The summed E-state index contributed by atoms with van der Waals surface area (Å²) in [4.78, 5) is 12.5. The van der Waals surface area contributed by atoms with Gasteiger partial charge in [-0.1, -0.05) is 91.0 Å². The molecule has 3 nitrogen and oxygen atoms in total. The smallest absolute Gasteiger partial charge is 0.251 e. The summed E-state index contributed by atoms with van der Waals surface area (Å²) in [5, 5.41) is 0. The second-order valence-corrected chi connectivity index (χ2v) is 7.87. The number of primary amides is 1. The molecule has 2 N–H and O–H groups in total. The summed E-state index contributed by atoms with van der Waals surface area (Å²) in [5.41, 5.74) is 12.9. The third-order valence-electron chi connectivity index (χ3n) is 5.82. The molecular formula is C28H28N2O. The number of nitrogens with zero attached hydrogens (tertiary/aromatic N) is 1. The van der Waals surface area contributed by atoms with Crippen LogP contribution in [0.1, 0.15) is 34.5 Å². The van der Waals surface area contributed by atoms with E-state index in [-0.39, 0.29) is 5.91 Å². The van der Waals surface area contributed by atoms with Crippen molar-refractivity contribution < 1.29 is 4.79 Å². The molecule has 31 heavy (non-hydrogen) atoms. The maximum Gasteiger partial charge on any atom is 0.251 e. The van der Waals surface area contributed by atoms with Gasteiger partial charge in [0.05, 0.1) is 11.3 Å². The SMILES string of the molecule is Cc1c(C(N)=O)c(-c2ccccc2)c(-c2ccccc2)n1CCCCc1ccccc1. The molecule has 1 amide bonds. The molecule has 0 radical (unpaired) electrons. The predicted molar refractivity (Wildman–Crippen MR) is 128 cm³/mol. The Bertz CT molecular complexity index is 1150. The highest BCUT2D eigenvalue weighted by molar-refractivity contribution is 6.05. The van der Waals surface area contributed by atoms with Crippen LogP contribution < -0.4 is 5.73 Å². The lowest BCUT2D eigenvalue weighted by Crippen LogP contribution is -2.13. The van der Waals surface area contributed by atoms with Gasteiger partial charge >= 0.3 is 0 Å². The van der Waals surface area contributed by atoms with Gasteiger partial charge in [0.2, 0.25) is 0 Å². The first-order chi connectivity index (χ1) is 15.2. The standard InChI is InChI=1S/C28H28N2O/c1-21-25(28(29)31)26(23-16-7-3-8-17-23)27(24-18-9-4-10-19-24)30(21)20-12-11-15-22-13-5-2-6-14-22/h2-10,13-14,16-19H,11-12,15,20H2,1H3,(H2,29,31). The first-order valence-electron chi connectivity index (χ1n) is 10.8. The van der Waals surface area contributed by atoms with Gasteiger partial charge < -0.3 is 10.3 Å². The minimum atomic E-state index is -0.378. The molecule has 3 aromatic carbocycles. The van der Waals surface area contributed by atoms with E-state index in [0.29, 0.717) is 5.56 Å². The van der Waals surface area contributed by atoms with Gasteiger partial charge in [-0.2, -0.15) is 0 Å². The lowest BCUT2D eigenvalue weighted by atomic mass is 9.96. The molecule has 0 bridgehead atoms. The number of carbonyl (C=O) groups is 1. The fourth-order valence-corrected chi connectivity index (χ4v) is 4.34. The molecule has 0 aliphatic carbocycles. The van der Waals surface area contributed by atoms with Gasteiger partial charge in [-0.3, -0.25) is 4.79 Å². The van der Waals surface area contributed by atoms with Crippen LogP contribution in [0.25, 0.3) is 22.4 Å². The molecule has 0 atom stereocenters. The number of benzene rings is 3. The number of unbranched alkanes of at least 4 members (excludes halogenated alkanes) is 1. The van der Waals surface area contributed by atoms with Crippen molar-refractivity contribution in [2.24, 2.45) is 5.73 Å². The number of nitrogens with two attached hydrogens (primary N) is 1. The van der Waals surface area contributed by atoms with Crippen LogP contribution in [-0.2, 0) is 13.0 Å². The van der Waals surface area contributed by atoms with Crippen LogP contribution in [0.5, 0.6) is 0 Å². The van der Waals surface area contributed by atoms with Crippen molar-refractivity contribution in [1.82, 2.24) is 4.57 Å². The van der Waals surface area contributed by atoms with E-state index < -0.39 is 0 Å². The monoisotopic (exact) mass is 408 g/mol. The molecule has 1 heterocycles. The zero-order valence-electron chi connectivity index (χ0n) is 17.9. The second-order valence-electron chi connectivity index (χ2n) is 7.87. The topological polar surface area (TPSA) is 48.0 Å². The van der Waals surface area contributed by atoms with E-state index in [1.165, 1.54) is 5.56 Å². The Hall–Kier alpha value is -3.59. The van der Waals surface area contributed by atoms with Crippen molar-refractivity contribution in [3.05, 3.63) is 108 Å². The number of carbonyl (C=O) groups excluding carboxylic acids is 1. The van der Waals surface area contributed by atoms with E-state index in [4.69, 9.17) is 5.73 Å². The Morgan fingerprint density at radius 3 is 1.90 bits per heavy atom. The maximum atomic E-state index is 12.5. The summed E-state index contributed by atoms with van der Waals surface area (Å²) < 4.78 is 2.28. The fourth-order valence-electron chi connectivity index (χ4n) is 4.34. The normalized spacial score (nSPS) is 10.9. The summed E-state index contributed by atoms with van der Waals surface area (Å²) in [6.45, 7) is 2.85. The fraction of sp³-hybridized carbons (Fsp3) is 0.179. The van der Waals surface area contributed by atoms with Crippen LogP contribution in [0.15, 0.2) is 91.0 Å². The van der Waals surface area contributed by atoms with Crippen LogP contribution in [0.2, 0.25) is 0 Å². The van der Waals surface area contributed by atoms with E-state index in [1.54, 1.807) is 0 Å². The Morgan fingerprint density at radius 2 is 1.32 bits per heavy atom. The largest absolute Gasteiger partial charge is 0.366 e. The lowest BCUT2D eigenvalue weighted by molar-refractivity contribution is 0.1000. The Kier molecular flexibility index (Phi) is 6.32. The summed E-state index contributed by atoms with van der Waals surface area (Å²) in [6, 6.07) is 31.0. The Balaban J connectivity index is 1.74. The van der Waals surface area contributed by atoms with Crippen molar-refractivity contribution >= 4 is 5.91 Å². The van der Waals surface area contributed by atoms with Gasteiger partial charge in [-0.05, 0) is 42.9 Å². The first kappa shape index (κ1) is 20.7. The number of aryl methyl sites for hydroxylation is 1. The number of amides is 1. The molecule has 0 fully saturated rings. The van der Waals surface area contributed by atoms with Gasteiger partial charge in [0.15, 0.2) is 0 Å². The molecule has 0 unspecified atom stereocenters. The van der Waals surface area contributed by atoms with Crippen LogP contribution in [0.3, 0.4) is 0 Å². The Labute approximate surface area is 184 Å². The van der Waals surface area contributed by atoms with Crippen molar-refractivity contribution in [3.8, 4) is 22.4 Å². The van der Waals surface area contributed by atoms with Gasteiger partial charge in [0.25, 0.3) is 5.91 Å². The molecule has 1 aromatic heterocycles. The van der Waals surface area contributed by atoms with Gasteiger partial charge in [-0.25, -0.2) is 0 Å². The highest BCUT2D eigenvalue weighted by atomic mass is 16.1. The van der Waals surface area contributed by atoms with Crippen LogP contribution in [0, 0.1) is 6.92 Å². The molecule has 0 aliphatic heterocycles. The predicted octanol–water partition coefficient (Wildman–Crippen LogP) is 6.25. The van der Waals surface area contributed by atoms with E-state index >= 15 is 0 Å². The quantitative estimate of drug-likeness (QED) is 0.344. The molecular weight excluding hydrogens is 380 g/mol. The van der Waals surface area contributed by atoms with E-state index in [2.05, 4.69) is 47.0 Å². The molecule has 0 saturated heterocycles. The van der Waals surface area contributed by atoms with Crippen molar-refractivity contribution in [2.75, 3.05) is 0 Å². The zero-order valence-corrected chi connectivity index (χ0v) is 17.9. The van der Waals surface area contributed by atoms with Crippen LogP contribution in [0.4, 0.5) is 0 Å². The van der Waals surface area contributed by atoms with E-state index in [1.807, 2.05) is 55.5 Å². The number of rotatable bonds is 8. The minimum absolute atomic E-state index is 0.378. The summed E-state index contributed by atoms with van der Waals surface area (Å²) >= 11 is 0. The highest BCUT2D eigenvalue weighted by Crippen LogP contribution is 2.39. The molecule has 0 saturated carbocycles. The third-order valence-corrected chi connectivity index (χ3v) is 5.82. The highest BCUT2D eigenvalue weighted by Gasteiger charge is 2.25. The molecule has 0 spiro atoms. The summed E-state index contributed by atoms with van der Waals surface area (Å²) in [7, 11) is 0. The first-order valence-corrected chi connectivity index (χ1v) is 10.8. The Morgan fingerprint density at radius 1 is 0.774 bits per heavy atom. The zero-order chi connectivity index (χ0) is 21.6. The number of hydrogen-bond donors (Lipinski definition) is 1. The van der Waals surface area contributed by atoms with Crippen molar-refractivity contribution in [1.29, 1.82) is 0 Å². The minimum Gasteiger partial charge on any atom is -0.366 e. The van der Waals surface area contributed by atoms with E-state index in [9.17, 15) is 4.79 Å². The summed E-state index contributed by atoms with van der Waals surface area (Å²) in [6.07, 6.45) is 3.16. The van der Waals surface area contributed by atoms with Gasteiger partial charge in [0, 0.05) is 17.8 Å². The maximum absolute atomic E-state index is 12.5. The number of aromatic nitrogens is 1. The second kappa shape index (κ2) is 9.48.